The van der Waals surface area contributed by atoms with Crippen LogP contribution in [0.15, 0.2) is 24.3 Å². The summed E-state index contributed by atoms with van der Waals surface area (Å²) < 4.78 is 0. The molecule has 0 fully saturated rings. The van der Waals surface area contributed by atoms with Crippen molar-refractivity contribution in [3.63, 3.8) is 0 Å². The van der Waals surface area contributed by atoms with Crippen LogP contribution in [0.3, 0.4) is 0 Å². The fraction of sp³-hybridized carbons (Fsp3) is 0.222. The third-order valence-corrected chi connectivity index (χ3v) is 3.66. The third kappa shape index (κ3) is 1.12. The highest BCUT2D eigenvalue weighted by molar-refractivity contribution is 7.39. The highest BCUT2D eigenvalue weighted by atomic mass is 31.1. The molecule has 2 rings (SSSR count). The first-order chi connectivity index (χ1) is 5.79. The molecule has 0 saturated heterocycles. The maximum Gasteiger partial charge on any atom is 0.315 e. The molecule has 62 valence electrons. The Morgan fingerprint density at radius 1 is 1.50 bits per heavy atom. The molecule has 0 saturated carbocycles. The first-order valence-electron chi connectivity index (χ1n) is 3.83. The minimum Gasteiger partial charge on any atom is -0.481 e. The Kier molecular flexibility index (Phi) is 1.86. The second-order valence-electron chi connectivity index (χ2n) is 2.85. The molecule has 12 heavy (non-hydrogen) atoms. The van der Waals surface area contributed by atoms with Gasteiger partial charge in [0.05, 0.1) is 5.66 Å². The predicted molar refractivity (Wildman–Crippen MR) is 48.8 cm³/mol. The average Bonchev–Trinajstić information content (AvgIpc) is 2.47. The summed E-state index contributed by atoms with van der Waals surface area (Å²) in [6.45, 7) is 0. The van der Waals surface area contributed by atoms with E-state index in [1.165, 1.54) is 5.56 Å². The van der Waals surface area contributed by atoms with E-state index in [9.17, 15) is 4.79 Å². The SMILES string of the molecule is O=C(O)C1PCc2ccccc21. The van der Waals surface area contributed by atoms with Gasteiger partial charge in [0, 0.05) is 0 Å². The van der Waals surface area contributed by atoms with Crippen molar-refractivity contribution in [1.29, 1.82) is 0 Å². The minimum atomic E-state index is -0.682. The Morgan fingerprint density at radius 2 is 2.25 bits per heavy atom. The number of hydrogen-bond donors (Lipinski definition) is 1. The summed E-state index contributed by atoms with van der Waals surface area (Å²) in [6.07, 6.45) is 0.938. The topological polar surface area (TPSA) is 37.3 Å². The highest BCUT2D eigenvalue weighted by Gasteiger charge is 2.27. The third-order valence-electron chi connectivity index (χ3n) is 2.11. The fourth-order valence-electron chi connectivity index (χ4n) is 1.52. The maximum atomic E-state index is 10.8. The number of fused-ring (bicyclic) bond motifs is 1. The van der Waals surface area contributed by atoms with Crippen LogP contribution in [-0.2, 0) is 11.0 Å². The molecule has 0 aliphatic carbocycles. The van der Waals surface area contributed by atoms with E-state index in [1.807, 2.05) is 24.3 Å². The van der Waals surface area contributed by atoms with Crippen molar-refractivity contribution >= 4 is 14.6 Å². The smallest absolute Gasteiger partial charge is 0.315 e. The second-order valence-corrected chi connectivity index (χ2v) is 4.19. The van der Waals surface area contributed by atoms with E-state index in [0.717, 1.165) is 11.7 Å². The van der Waals surface area contributed by atoms with Crippen molar-refractivity contribution in [2.24, 2.45) is 0 Å². The largest absolute Gasteiger partial charge is 0.481 e. The van der Waals surface area contributed by atoms with Gasteiger partial charge in [0.25, 0.3) is 0 Å². The number of carbonyl (C=O) groups is 1. The molecule has 1 heterocycles. The quantitative estimate of drug-likeness (QED) is 0.671. The summed E-state index contributed by atoms with van der Waals surface area (Å²) in [4.78, 5) is 10.8. The van der Waals surface area contributed by atoms with E-state index in [1.54, 1.807) is 0 Å². The molecule has 1 aromatic carbocycles. The Hall–Kier alpha value is -0.880. The van der Waals surface area contributed by atoms with Gasteiger partial charge < -0.3 is 5.11 Å². The summed E-state index contributed by atoms with van der Waals surface area (Å²) in [5, 5.41) is 8.87. The van der Waals surface area contributed by atoms with Crippen LogP contribution in [-0.4, -0.2) is 11.1 Å². The lowest BCUT2D eigenvalue weighted by Crippen LogP contribution is -2.03. The zero-order valence-corrected chi connectivity index (χ0v) is 7.45. The molecule has 0 radical (unpaired) electrons. The molecule has 2 unspecified atom stereocenters. The van der Waals surface area contributed by atoms with Gasteiger partial charge in [-0.05, 0) is 17.3 Å². The van der Waals surface area contributed by atoms with Gasteiger partial charge in [0.1, 0.15) is 0 Å². The van der Waals surface area contributed by atoms with Crippen LogP contribution in [0.1, 0.15) is 16.8 Å². The molecule has 0 bridgehead atoms. The van der Waals surface area contributed by atoms with Crippen LogP contribution < -0.4 is 0 Å². The van der Waals surface area contributed by atoms with Gasteiger partial charge >= 0.3 is 5.97 Å². The molecule has 1 aliphatic heterocycles. The Morgan fingerprint density at radius 3 is 3.00 bits per heavy atom. The Bertz CT molecular complexity index is 322. The summed E-state index contributed by atoms with van der Waals surface area (Å²) in [5.41, 5.74) is 1.99. The summed E-state index contributed by atoms with van der Waals surface area (Å²) in [7, 11) is 0.518. The molecule has 1 N–H and O–H groups in total. The van der Waals surface area contributed by atoms with E-state index in [0.29, 0.717) is 8.58 Å². The van der Waals surface area contributed by atoms with Gasteiger partial charge in [-0.15, -0.1) is 0 Å². The number of aliphatic carboxylic acids is 1. The van der Waals surface area contributed by atoms with Crippen molar-refractivity contribution < 1.29 is 9.90 Å². The molecule has 1 aromatic rings. The molecule has 0 spiro atoms. The summed E-state index contributed by atoms with van der Waals surface area (Å²) in [6, 6.07) is 7.82. The standard InChI is InChI=1S/C9H9O2P/c10-9(11)8-7-4-2-1-3-6(7)5-12-8/h1-4,8,12H,5H2,(H,10,11). The van der Waals surface area contributed by atoms with Gasteiger partial charge in [-0.3, -0.25) is 4.79 Å². The van der Waals surface area contributed by atoms with Crippen molar-refractivity contribution in [2.75, 3.05) is 0 Å². The minimum absolute atomic E-state index is 0.235. The molecular weight excluding hydrogens is 171 g/mol. The zero-order valence-electron chi connectivity index (χ0n) is 6.45. The number of benzene rings is 1. The van der Waals surface area contributed by atoms with Crippen LogP contribution >= 0.6 is 8.58 Å². The molecule has 2 atom stereocenters. The average molecular weight is 180 g/mol. The second kappa shape index (κ2) is 2.87. The summed E-state index contributed by atoms with van der Waals surface area (Å²) >= 11 is 0. The van der Waals surface area contributed by atoms with Gasteiger partial charge in [-0.2, -0.15) is 0 Å². The predicted octanol–water partition coefficient (Wildman–Crippen LogP) is 2.00. The number of carboxylic acids is 1. The van der Waals surface area contributed by atoms with Crippen LogP contribution in [0.2, 0.25) is 0 Å². The number of carboxylic acid groups (broad SMARTS) is 1. The van der Waals surface area contributed by atoms with Crippen molar-refractivity contribution in [3.8, 4) is 0 Å². The first kappa shape index (κ1) is 7.75. The van der Waals surface area contributed by atoms with E-state index in [4.69, 9.17) is 5.11 Å². The normalized spacial score (nSPS) is 22.5. The lowest BCUT2D eigenvalue weighted by molar-refractivity contribution is -0.136. The lowest BCUT2D eigenvalue weighted by atomic mass is 10.1. The number of rotatable bonds is 1. The Labute approximate surface area is 72.4 Å². The molecule has 0 amide bonds. The molecule has 3 heteroatoms. The first-order valence-corrected chi connectivity index (χ1v) is 5.11. The van der Waals surface area contributed by atoms with Crippen molar-refractivity contribution in [1.82, 2.24) is 0 Å². The lowest BCUT2D eigenvalue weighted by Gasteiger charge is -2.03. The van der Waals surface area contributed by atoms with Gasteiger partial charge in [0.2, 0.25) is 0 Å². The fourth-order valence-corrected chi connectivity index (χ4v) is 2.94. The van der Waals surface area contributed by atoms with E-state index >= 15 is 0 Å². The van der Waals surface area contributed by atoms with Gasteiger partial charge in [0.15, 0.2) is 0 Å². The highest BCUT2D eigenvalue weighted by Crippen LogP contribution is 2.46. The van der Waals surface area contributed by atoms with E-state index in [-0.39, 0.29) is 5.66 Å². The number of hydrogen-bond acceptors (Lipinski definition) is 1. The zero-order chi connectivity index (χ0) is 8.55. The van der Waals surface area contributed by atoms with Crippen LogP contribution in [0.5, 0.6) is 0 Å². The maximum absolute atomic E-state index is 10.8. The molecular formula is C9H9O2P. The van der Waals surface area contributed by atoms with Crippen LogP contribution in [0.25, 0.3) is 0 Å². The molecule has 2 nitrogen and oxygen atoms in total. The molecule has 0 aromatic heterocycles. The molecule has 1 aliphatic rings. The monoisotopic (exact) mass is 180 g/mol. The Balaban J connectivity index is 2.42. The van der Waals surface area contributed by atoms with Crippen molar-refractivity contribution in [2.45, 2.75) is 11.8 Å². The van der Waals surface area contributed by atoms with Gasteiger partial charge in [-0.25, -0.2) is 0 Å². The summed E-state index contributed by atoms with van der Waals surface area (Å²) in [5.74, 6) is -0.682. The van der Waals surface area contributed by atoms with E-state index in [2.05, 4.69) is 0 Å². The van der Waals surface area contributed by atoms with E-state index < -0.39 is 5.97 Å². The van der Waals surface area contributed by atoms with Crippen LogP contribution in [0.4, 0.5) is 0 Å². The van der Waals surface area contributed by atoms with Crippen LogP contribution in [0, 0.1) is 0 Å². The van der Waals surface area contributed by atoms with Gasteiger partial charge in [-0.1, -0.05) is 32.8 Å². The van der Waals surface area contributed by atoms with Crippen molar-refractivity contribution in [3.05, 3.63) is 35.4 Å².